The predicted octanol–water partition coefficient (Wildman–Crippen LogP) is 13.2. The maximum absolute atomic E-state index is 18.1. The number of unbranched alkanes of at least 4 members (excludes halogenated alkanes) is 6. The van der Waals surface area contributed by atoms with E-state index in [0.717, 1.165) is 73.9 Å². The molecule has 0 saturated heterocycles. The third kappa shape index (κ3) is 8.51. The molecule has 55 heavy (non-hydrogen) atoms. The summed E-state index contributed by atoms with van der Waals surface area (Å²) in [4.78, 5) is 3.83. The number of benzene rings is 4. The monoisotopic (exact) mass is 782 g/mol. The molecule has 2 aliphatic rings. The molecular formula is C48H54F4N2Ti. The zero-order valence-corrected chi connectivity index (χ0v) is 34.2. The summed E-state index contributed by atoms with van der Waals surface area (Å²) in [7, 11) is 0. The van der Waals surface area contributed by atoms with Crippen molar-refractivity contribution in [3.8, 4) is 0 Å². The number of hydrogen-bond donors (Lipinski definition) is 0. The Morgan fingerprint density at radius 1 is 0.473 bits per heavy atom. The normalized spacial score (nSPS) is 14.1. The molecule has 0 N–H and O–H groups in total. The number of aryl methyl sites for hydroxylation is 2. The van der Waals surface area contributed by atoms with Crippen molar-refractivity contribution in [2.75, 3.05) is 22.9 Å². The fourth-order valence-corrected chi connectivity index (χ4v) is 17.1. The summed E-state index contributed by atoms with van der Waals surface area (Å²) in [6, 6.07) is 21.4. The van der Waals surface area contributed by atoms with E-state index in [1.54, 1.807) is 0 Å². The first-order valence-electron chi connectivity index (χ1n) is 20.1. The van der Waals surface area contributed by atoms with Gasteiger partial charge in [0.25, 0.3) is 0 Å². The van der Waals surface area contributed by atoms with E-state index in [2.05, 4.69) is 13.8 Å². The van der Waals surface area contributed by atoms with Crippen LogP contribution < -0.4 is 17.5 Å². The van der Waals surface area contributed by atoms with Crippen LogP contribution in [-0.4, -0.2) is 13.1 Å². The molecule has 6 rings (SSSR count). The van der Waals surface area contributed by atoms with E-state index in [4.69, 9.17) is 0 Å². The SMILES string of the molecule is CCCCCCN(c1ccc(C)cc1)c1ccc(F)[c]([Ti]([c]2c(F)ccc(N(CCCCCC)c3ccc(C)cc3)c2F)([CH]2C=CC=C2)[CH]2C=CC=C2)c1F. The Hall–Kier alpha value is -4.13. The topological polar surface area (TPSA) is 6.48 Å². The summed E-state index contributed by atoms with van der Waals surface area (Å²) >= 11 is -5.05. The molecule has 0 amide bonds. The summed E-state index contributed by atoms with van der Waals surface area (Å²) in [5.41, 5.74) is 4.15. The average molecular weight is 783 g/mol. The first-order valence-corrected chi connectivity index (χ1v) is 23.4. The fourth-order valence-electron chi connectivity index (χ4n) is 8.36. The van der Waals surface area contributed by atoms with Gasteiger partial charge < -0.3 is 0 Å². The van der Waals surface area contributed by atoms with Crippen molar-refractivity contribution in [2.45, 2.75) is 87.5 Å². The molecule has 0 unspecified atom stereocenters. The molecule has 0 saturated carbocycles. The Morgan fingerprint density at radius 2 is 0.836 bits per heavy atom. The van der Waals surface area contributed by atoms with Crippen LogP contribution in [-0.2, 0) is 16.6 Å². The zero-order valence-electron chi connectivity index (χ0n) is 32.7. The van der Waals surface area contributed by atoms with E-state index in [1.807, 2.05) is 121 Å². The summed E-state index contributed by atoms with van der Waals surface area (Å²) in [5, 5.41) is 0. The van der Waals surface area contributed by atoms with Crippen molar-refractivity contribution in [1.29, 1.82) is 0 Å². The summed E-state index contributed by atoms with van der Waals surface area (Å²) < 4.78 is 68.9. The van der Waals surface area contributed by atoms with E-state index in [9.17, 15) is 0 Å². The number of allylic oxidation sites excluding steroid dienone is 8. The molecule has 7 heteroatoms. The number of halogens is 4. The molecule has 0 spiro atoms. The Kier molecular flexibility index (Phi) is 13.8. The van der Waals surface area contributed by atoms with Gasteiger partial charge in [-0.05, 0) is 0 Å². The van der Waals surface area contributed by atoms with Crippen molar-refractivity contribution in [3.63, 3.8) is 0 Å². The zero-order chi connectivity index (χ0) is 39.0. The molecule has 2 aliphatic carbocycles. The molecular weight excluding hydrogens is 728 g/mol. The van der Waals surface area contributed by atoms with Crippen LogP contribution in [0, 0.1) is 37.1 Å². The maximum atomic E-state index is 18.1. The number of nitrogens with zero attached hydrogens (tertiary/aromatic N) is 2. The molecule has 0 fully saturated rings. The van der Waals surface area contributed by atoms with Gasteiger partial charge in [-0.15, -0.1) is 0 Å². The minimum atomic E-state index is -5.05. The number of rotatable bonds is 18. The Labute approximate surface area is 329 Å². The second kappa shape index (κ2) is 18.7. The number of anilines is 4. The van der Waals surface area contributed by atoms with Crippen LogP contribution >= 0.6 is 0 Å². The molecule has 288 valence electrons. The van der Waals surface area contributed by atoms with Gasteiger partial charge in [-0.2, -0.15) is 0 Å². The van der Waals surface area contributed by atoms with E-state index in [1.165, 1.54) is 24.3 Å². The molecule has 0 aromatic heterocycles. The van der Waals surface area contributed by atoms with E-state index in [-0.39, 0.29) is 19.1 Å². The summed E-state index contributed by atoms with van der Waals surface area (Å²) in [6.45, 7) is 9.32. The molecule has 0 bridgehead atoms. The second-order valence-electron chi connectivity index (χ2n) is 15.1. The average Bonchev–Trinajstić information content (AvgIpc) is 3.93. The van der Waals surface area contributed by atoms with Gasteiger partial charge in [0, 0.05) is 0 Å². The Balaban J connectivity index is 1.62. The van der Waals surface area contributed by atoms with Crippen molar-refractivity contribution in [1.82, 2.24) is 0 Å². The standard InChI is InChI=1S/2C19H22F2N.2C5H5.Ti/c2*1-3-4-5-6-13-22(17-10-7-15(2)8-11-17)19-12-9-16(20)14-18(19)21;2*1-2-4-5-3-1;/h2*7-12H,3-6,13H2,1-2H3;2*1-5H;. The third-order valence-electron chi connectivity index (χ3n) is 11.3. The van der Waals surface area contributed by atoms with Gasteiger partial charge in [0.1, 0.15) is 0 Å². The first-order chi connectivity index (χ1) is 26.7. The minimum absolute atomic E-state index is 0.162. The van der Waals surface area contributed by atoms with E-state index < -0.39 is 48.3 Å². The molecule has 4 aromatic rings. The van der Waals surface area contributed by atoms with Gasteiger partial charge in [-0.1, -0.05) is 0 Å². The van der Waals surface area contributed by atoms with Gasteiger partial charge in [-0.3, -0.25) is 0 Å². The van der Waals surface area contributed by atoms with Crippen LogP contribution in [0.4, 0.5) is 40.3 Å². The molecule has 2 nitrogen and oxygen atoms in total. The predicted molar refractivity (Wildman–Crippen MR) is 221 cm³/mol. The number of hydrogen-bond acceptors (Lipinski definition) is 2. The van der Waals surface area contributed by atoms with Gasteiger partial charge in [-0.25, -0.2) is 0 Å². The van der Waals surface area contributed by atoms with Crippen molar-refractivity contribution in [3.05, 3.63) is 156 Å². The van der Waals surface area contributed by atoms with Gasteiger partial charge >= 0.3 is 331 Å². The Bertz CT molecular complexity index is 1860. The van der Waals surface area contributed by atoms with Crippen LogP contribution in [0.15, 0.2) is 121 Å². The molecule has 0 aliphatic heterocycles. The van der Waals surface area contributed by atoms with Gasteiger partial charge in [0.15, 0.2) is 0 Å². The Morgan fingerprint density at radius 3 is 1.18 bits per heavy atom. The third-order valence-corrected chi connectivity index (χ3v) is 19.8. The quantitative estimate of drug-likeness (QED) is 0.0563. The fraction of sp³-hybridized carbons (Fsp3) is 0.333. The first kappa shape index (κ1) is 40.5. The van der Waals surface area contributed by atoms with Crippen LogP contribution in [0.5, 0.6) is 0 Å². The molecule has 0 heterocycles. The van der Waals surface area contributed by atoms with E-state index >= 15 is 17.6 Å². The van der Waals surface area contributed by atoms with Crippen molar-refractivity contribution < 1.29 is 34.2 Å². The molecule has 0 atom stereocenters. The van der Waals surface area contributed by atoms with Crippen molar-refractivity contribution >= 4 is 30.5 Å². The summed E-state index contributed by atoms with van der Waals surface area (Å²) in [5.74, 6) is -3.01. The second-order valence-corrected chi connectivity index (χ2v) is 21.4. The molecule has 0 radical (unpaired) electrons. The van der Waals surface area contributed by atoms with Crippen molar-refractivity contribution in [2.24, 2.45) is 0 Å². The van der Waals surface area contributed by atoms with Crippen LogP contribution in [0.25, 0.3) is 0 Å². The van der Waals surface area contributed by atoms with Crippen LogP contribution in [0.1, 0.15) is 76.3 Å². The summed E-state index contributed by atoms with van der Waals surface area (Å²) in [6.07, 6.45) is 22.7. The van der Waals surface area contributed by atoms with Crippen LogP contribution in [0.2, 0.25) is 8.45 Å². The van der Waals surface area contributed by atoms with Gasteiger partial charge in [0.05, 0.1) is 0 Å². The van der Waals surface area contributed by atoms with Gasteiger partial charge in [0.2, 0.25) is 0 Å². The van der Waals surface area contributed by atoms with E-state index in [0.29, 0.717) is 13.1 Å². The molecule has 4 aromatic carbocycles. The van der Waals surface area contributed by atoms with Crippen LogP contribution in [0.3, 0.4) is 0 Å².